The van der Waals surface area contributed by atoms with Crippen LogP contribution in [0, 0.1) is 6.92 Å². The van der Waals surface area contributed by atoms with Crippen molar-refractivity contribution in [3.63, 3.8) is 0 Å². The minimum Gasteiger partial charge on any atom is -0.353 e. The maximum Gasteiger partial charge on any atom is 0.239 e. The Kier molecular flexibility index (Phi) is 4.68. The molecule has 0 spiro atoms. The van der Waals surface area contributed by atoms with Gasteiger partial charge in [-0.1, -0.05) is 18.2 Å². The summed E-state index contributed by atoms with van der Waals surface area (Å²) >= 11 is 0. The average Bonchev–Trinajstić information content (AvgIpc) is 2.71. The largest absolute Gasteiger partial charge is 0.353 e. The van der Waals surface area contributed by atoms with Gasteiger partial charge in [-0.05, 0) is 39.3 Å². The number of aryl methyl sites for hydroxylation is 1. The van der Waals surface area contributed by atoms with Crippen LogP contribution in [0.15, 0.2) is 30.5 Å². The Morgan fingerprint density at radius 2 is 1.90 bits per heavy atom. The summed E-state index contributed by atoms with van der Waals surface area (Å²) < 4.78 is 2.01. The molecule has 1 heterocycles. The lowest BCUT2D eigenvalue weighted by Crippen LogP contribution is -2.41. The number of nitrogens with zero attached hydrogens (tertiary/aromatic N) is 1. The van der Waals surface area contributed by atoms with E-state index in [1.165, 1.54) is 10.9 Å². The van der Waals surface area contributed by atoms with Crippen LogP contribution in [0.25, 0.3) is 10.9 Å². The Labute approximate surface area is 126 Å². The van der Waals surface area contributed by atoms with Crippen LogP contribution in [0.5, 0.6) is 0 Å². The van der Waals surface area contributed by atoms with Crippen LogP contribution in [-0.2, 0) is 11.3 Å². The van der Waals surface area contributed by atoms with Gasteiger partial charge in [0.15, 0.2) is 0 Å². The Balaban J connectivity index is 1.90. The van der Waals surface area contributed by atoms with Gasteiger partial charge in [-0.25, -0.2) is 0 Å². The zero-order valence-corrected chi connectivity index (χ0v) is 13.4. The van der Waals surface area contributed by atoms with E-state index in [0.717, 1.165) is 12.1 Å². The molecule has 0 atom stereocenters. The second-order valence-corrected chi connectivity index (χ2v) is 6.48. The molecule has 0 aliphatic heterocycles. The molecule has 0 bridgehead atoms. The van der Waals surface area contributed by atoms with Crippen LogP contribution >= 0.6 is 0 Å². The molecule has 2 N–H and O–H groups in total. The second-order valence-electron chi connectivity index (χ2n) is 6.48. The van der Waals surface area contributed by atoms with E-state index in [9.17, 15) is 4.79 Å². The summed E-state index contributed by atoms with van der Waals surface area (Å²) in [7, 11) is 0. The third-order valence-electron chi connectivity index (χ3n) is 3.40. The number of rotatable bonds is 5. The van der Waals surface area contributed by atoms with Gasteiger partial charge < -0.3 is 15.2 Å². The van der Waals surface area contributed by atoms with Gasteiger partial charge in [-0.2, -0.15) is 0 Å². The van der Waals surface area contributed by atoms with Gasteiger partial charge >= 0.3 is 0 Å². The fourth-order valence-electron chi connectivity index (χ4n) is 2.41. The molecule has 0 saturated carbocycles. The molecular weight excluding hydrogens is 262 g/mol. The number of amides is 1. The normalized spacial score (nSPS) is 11.8. The molecule has 0 fully saturated rings. The molecule has 1 amide bonds. The van der Waals surface area contributed by atoms with Crippen molar-refractivity contribution in [3.05, 3.63) is 36.0 Å². The lowest BCUT2D eigenvalue weighted by atomic mass is 10.1. The summed E-state index contributed by atoms with van der Waals surface area (Å²) in [6, 6.07) is 8.17. The number of nitrogens with one attached hydrogen (secondary N) is 2. The highest BCUT2D eigenvalue weighted by Crippen LogP contribution is 2.19. The standard InChI is InChI=1S/C17H25N3O/c1-13-11-20(15-8-6-5-7-14(13)15)12-16(21)18-9-10-19-17(2,3)4/h5-8,11,19H,9-10,12H2,1-4H3,(H,18,21). The molecular formula is C17H25N3O. The maximum absolute atomic E-state index is 12.0. The first-order valence-corrected chi connectivity index (χ1v) is 7.43. The molecule has 0 radical (unpaired) electrons. The summed E-state index contributed by atoms with van der Waals surface area (Å²) in [5.74, 6) is 0.0477. The number of benzene rings is 1. The first-order chi connectivity index (χ1) is 9.87. The van der Waals surface area contributed by atoms with Gasteiger partial charge in [0.2, 0.25) is 5.91 Å². The van der Waals surface area contributed by atoms with Crippen LogP contribution in [0.1, 0.15) is 26.3 Å². The first kappa shape index (κ1) is 15.6. The molecule has 21 heavy (non-hydrogen) atoms. The molecule has 1 aromatic carbocycles. The van der Waals surface area contributed by atoms with E-state index in [2.05, 4.69) is 50.5 Å². The van der Waals surface area contributed by atoms with Crippen molar-refractivity contribution in [1.82, 2.24) is 15.2 Å². The average molecular weight is 287 g/mol. The van der Waals surface area contributed by atoms with E-state index in [1.807, 2.05) is 22.9 Å². The van der Waals surface area contributed by atoms with Crippen molar-refractivity contribution in [2.45, 2.75) is 39.8 Å². The topological polar surface area (TPSA) is 46.1 Å². The van der Waals surface area contributed by atoms with Crippen LogP contribution in [0.3, 0.4) is 0 Å². The monoisotopic (exact) mass is 287 g/mol. The summed E-state index contributed by atoms with van der Waals surface area (Å²) in [5, 5.41) is 7.52. The van der Waals surface area contributed by atoms with Crippen LogP contribution in [0.4, 0.5) is 0 Å². The maximum atomic E-state index is 12.0. The van der Waals surface area contributed by atoms with Gasteiger partial charge in [-0.3, -0.25) is 4.79 Å². The molecule has 0 aliphatic carbocycles. The molecule has 4 heteroatoms. The summed E-state index contributed by atoms with van der Waals surface area (Å²) in [6.45, 7) is 10.2. The van der Waals surface area contributed by atoms with Crippen molar-refractivity contribution < 1.29 is 4.79 Å². The van der Waals surface area contributed by atoms with Crippen molar-refractivity contribution in [3.8, 4) is 0 Å². The number of hydrogen-bond acceptors (Lipinski definition) is 2. The quantitative estimate of drug-likeness (QED) is 0.830. The minimum absolute atomic E-state index is 0.0477. The van der Waals surface area contributed by atoms with E-state index in [1.54, 1.807) is 0 Å². The minimum atomic E-state index is 0.0477. The number of fused-ring (bicyclic) bond motifs is 1. The highest BCUT2D eigenvalue weighted by atomic mass is 16.1. The fourth-order valence-corrected chi connectivity index (χ4v) is 2.41. The molecule has 0 unspecified atom stereocenters. The molecule has 114 valence electrons. The van der Waals surface area contributed by atoms with E-state index < -0.39 is 0 Å². The molecule has 0 aliphatic rings. The third-order valence-corrected chi connectivity index (χ3v) is 3.40. The lowest BCUT2D eigenvalue weighted by molar-refractivity contribution is -0.121. The Morgan fingerprint density at radius 1 is 1.19 bits per heavy atom. The molecule has 0 saturated heterocycles. The van der Waals surface area contributed by atoms with Gasteiger partial charge in [0.1, 0.15) is 6.54 Å². The Morgan fingerprint density at radius 3 is 2.62 bits per heavy atom. The van der Waals surface area contributed by atoms with E-state index in [-0.39, 0.29) is 11.4 Å². The van der Waals surface area contributed by atoms with Gasteiger partial charge in [0.05, 0.1) is 0 Å². The van der Waals surface area contributed by atoms with Gasteiger partial charge in [0.25, 0.3) is 0 Å². The fraction of sp³-hybridized carbons (Fsp3) is 0.471. The smallest absolute Gasteiger partial charge is 0.239 e. The highest BCUT2D eigenvalue weighted by Gasteiger charge is 2.10. The first-order valence-electron chi connectivity index (χ1n) is 7.43. The SMILES string of the molecule is Cc1cn(CC(=O)NCCNC(C)(C)C)c2ccccc12. The third kappa shape index (κ3) is 4.33. The van der Waals surface area contributed by atoms with Crippen LogP contribution < -0.4 is 10.6 Å². The second kappa shape index (κ2) is 6.31. The van der Waals surface area contributed by atoms with Crippen molar-refractivity contribution in [1.29, 1.82) is 0 Å². The van der Waals surface area contributed by atoms with Crippen LogP contribution in [-0.4, -0.2) is 29.1 Å². The predicted molar refractivity (Wildman–Crippen MR) is 87.4 cm³/mol. The number of carbonyl (C=O) groups excluding carboxylic acids is 1. The van der Waals surface area contributed by atoms with E-state index in [0.29, 0.717) is 13.1 Å². The van der Waals surface area contributed by atoms with Crippen molar-refractivity contribution >= 4 is 16.8 Å². The van der Waals surface area contributed by atoms with E-state index >= 15 is 0 Å². The summed E-state index contributed by atoms with van der Waals surface area (Å²) in [5.41, 5.74) is 2.39. The van der Waals surface area contributed by atoms with Crippen LogP contribution in [0.2, 0.25) is 0 Å². The Hall–Kier alpha value is -1.81. The number of hydrogen-bond donors (Lipinski definition) is 2. The van der Waals surface area contributed by atoms with Gasteiger partial charge in [-0.15, -0.1) is 0 Å². The summed E-state index contributed by atoms with van der Waals surface area (Å²) in [4.78, 5) is 12.0. The zero-order valence-electron chi connectivity index (χ0n) is 13.4. The van der Waals surface area contributed by atoms with Crippen molar-refractivity contribution in [2.24, 2.45) is 0 Å². The molecule has 4 nitrogen and oxygen atoms in total. The number of carbonyl (C=O) groups is 1. The molecule has 2 rings (SSSR count). The van der Waals surface area contributed by atoms with E-state index in [4.69, 9.17) is 0 Å². The lowest BCUT2D eigenvalue weighted by Gasteiger charge is -2.20. The predicted octanol–water partition coefficient (Wildman–Crippen LogP) is 2.45. The van der Waals surface area contributed by atoms with Gasteiger partial charge in [0, 0.05) is 35.7 Å². The number of para-hydroxylation sites is 1. The molecule has 1 aromatic heterocycles. The number of aromatic nitrogens is 1. The van der Waals surface area contributed by atoms with Crippen molar-refractivity contribution in [2.75, 3.05) is 13.1 Å². The molecule has 2 aromatic rings. The summed E-state index contributed by atoms with van der Waals surface area (Å²) in [6.07, 6.45) is 2.04. The Bertz CT molecular complexity index is 622. The zero-order chi connectivity index (χ0) is 15.5. The highest BCUT2D eigenvalue weighted by molar-refractivity contribution is 5.85.